The van der Waals surface area contributed by atoms with Crippen LogP contribution >= 0.6 is 11.6 Å². The largest absolute Gasteiger partial charge is 0.322 e. The third kappa shape index (κ3) is 2.20. The van der Waals surface area contributed by atoms with Crippen molar-refractivity contribution in [1.82, 2.24) is 19.3 Å². The van der Waals surface area contributed by atoms with Gasteiger partial charge in [0.2, 0.25) is 0 Å². The first-order valence-electron chi connectivity index (χ1n) is 6.63. The molecule has 5 heteroatoms. The number of alkyl halides is 1. The highest BCUT2D eigenvalue weighted by Gasteiger charge is 2.16. The third-order valence-corrected chi connectivity index (χ3v) is 3.66. The summed E-state index contributed by atoms with van der Waals surface area (Å²) in [6.07, 6.45) is 3.90. The number of halogens is 1. The van der Waals surface area contributed by atoms with Gasteiger partial charge in [-0.2, -0.15) is 5.10 Å². The van der Waals surface area contributed by atoms with Crippen LogP contribution in [-0.2, 0) is 13.6 Å². The Morgan fingerprint density at radius 1 is 1.35 bits per heavy atom. The van der Waals surface area contributed by atoms with Crippen LogP contribution in [0.1, 0.15) is 29.3 Å². The van der Waals surface area contributed by atoms with Crippen molar-refractivity contribution in [2.75, 3.05) is 0 Å². The molecule has 2 aromatic heterocycles. The van der Waals surface area contributed by atoms with Gasteiger partial charge in [0.05, 0.1) is 29.2 Å². The standard InChI is InChI=1S/C15H17ClN4/c1-10-5-4-6-13-14(10)18-15(11(2)16)20(13)9-12-7-17-19(3)8-12/h4-8,11H,9H2,1-3H3. The van der Waals surface area contributed by atoms with Crippen molar-refractivity contribution in [3.05, 3.63) is 47.5 Å². The fourth-order valence-corrected chi connectivity index (χ4v) is 2.68. The second-order valence-corrected chi connectivity index (χ2v) is 5.79. The summed E-state index contributed by atoms with van der Waals surface area (Å²) in [6.45, 7) is 4.77. The number of imidazole rings is 1. The molecule has 0 N–H and O–H groups in total. The Labute approximate surface area is 123 Å². The molecule has 0 aliphatic heterocycles. The molecule has 3 aromatic rings. The molecule has 0 aliphatic rings. The SMILES string of the molecule is Cc1cccc2c1nc(C(C)Cl)n2Cc1cnn(C)c1. The van der Waals surface area contributed by atoms with E-state index < -0.39 is 0 Å². The van der Waals surface area contributed by atoms with Crippen molar-refractivity contribution < 1.29 is 0 Å². The van der Waals surface area contributed by atoms with Crippen molar-refractivity contribution >= 4 is 22.6 Å². The van der Waals surface area contributed by atoms with E-state index in [0.29, 0.717) is 0 Å². The fraction of sp³-hybridized carbons (Fsp3) is 0.333. The van der Waals surface area contributed by atoms with Crippen molar-refractivity contribution in [3.8, 4) is 0 Å². The zero-order valence-corrected chi connectivity index (χ0v) is 12.6. The van der Waals surface area contributed by atoms with E-state index in [1.54, 1.807) is 0 Å². The lowest BCUT2D eigenvalue weighted by molar-refractivity contribution is 0.738. The van der Waals surface area contributed by atoms with Gasteiger partial charge in [-0.1, -0.05) is 12.1 Å². The van der Waals surface area contributed by atoms with E-state index >= 15 is 0 Å². The number of aryl methyl sites for hydroxylation is 2. The summed E-state index contributed by atoms with van der Waals surface area (Å²) in [5.41, 5.74) is 4.47. The summed E-state index contributed by atoms with van der Waals surface area (Å²) >= 11 is 6.30. The number of nitrogens with zero attached hydrogens (tertiary/aromatic N) is 4. The fourth-order valence-electron chi connectivity index (χ4n) is 2.51. The van der Waals surface area contributed by atoms with Gasteiger partial charge in [0.1, 0.15) is 5.82 Å². The Kier molecular flexibility index (Phi) is 3.26. The highest BCUT2D eigenvalue weighted by atomic mass is 35.5. The number of fused-ring (bicyclic) bond motifs is 1. The van der Waals surface area contributed by atoms with E-state index in [1.807, 2.05) is 31.0 Å². The van der Waals surface area contributed by atoms with Crippen LogP contribution in [0.15, 0.2) is 30.6 Å². The van der Waals surface area contributed by atoms with Crippen molar-refractivity contribution in [3.63, 3.8) is 0 Å². The number of rotatable bonds is 3. The molecule has 1 atom stereocenters. The minimum absolute atomic E-state index is 0.126. The van der Waals surface area contributed by atoms with Gasteiger partial charge in [0.25, 0.3) is 0 Å². The maximum Gasteiger partial charge on any atom is 0.128 e. The Morgan fingerprint density at radius 3 is 2.80 bits per heavy atom. The van der Waals surface area contributed by atoms with Crippen LogP contribution in [-0.4, -0.2) is 19.3 Å². The lowest BCUT2D eigenvalue weighted by atomic mass is 10.2. The average Bonchev–Trinajstić information content (AvgIpc) is 2.96. The second kappa shape index (κ2) is 4.94. The number of hydrogen-bond acceptors (Lipinski definition) is 2. The summed E-state index contributed by atoms with van der Waals surface area (Å²) in [5.74, 6) is 0.903. The number of para-hydroxylation sites is 1. The Morgan fingerprint density at radius 2 is 2.15 bits per heavy atom. The summed E-state index contributed by atoms with van der Waals surface area (Å²) in [5, 5.41) is 4.09. The van der Waals surface area contributed by atoms with E-state index in [1.165, 1.54) is 5.56 Å². The van der Waals surface area contributed by atoms with E-state index in [-0.39, 0.29) is 5.38 Å². The molecule has 1 unspecified atom stereocenters. The minimum atomic E-state index is -0.126. The molecule has 0 fully saturated rings. The molecule has 4 nitrogen and oxygen atoms in total. The van der Waals surface area contributed by atoms with Gasteiger partial charge < -0.3 is 4.57 Å². The van der Waals surface area contributed by atoms with Crippen molar-refractivity contribution in [2.45, 2.75) is 25.8 Å². The lowest BCUT2D eigenvalue weighted by Crippen LogP contribution is -2.05. The zero-order chi connectivity index (χ0) is 14.3. The van der Waals surface area contributed by atoms with Crippen molar-refractivity contribution in [2.24, 2.45) is 7.05 Å². The topological polar surface area (TPSA) is 35.6 Å². The van der Waals surface area contributed by atoms with E-state index in [4.69, 9.17) is 16.6 Å². The van der Waals surface area contributed by atoms with Crippen LogP contribution in [0, 0.1) is 6.92 Å². The zero-order valence-electron chi connectivity index (χ0n) is 11.8. The molecule has 0 bridgehead atoms. The molecule has 0 amide bonds. The van der Waals surface area contributed by atoms with Gasteiger partial charge >= 0.3 is 0 Å². The van der Waals surface area contributed by atoms with Crippen molar-refractivity contribution in [1.29, 1.82) is 0 Å². The summed E-state index contributed by atoms with van der Waals surface area (Å²) in [6, 6.07) is 6.22. The van der Waals surface area contributed by atoms with Crippen LogP contribution in [0.5, 0.6) is 0 Å². The van der Waals surface area contributed by atoms with Gasteiger partial charge in [0.15, 0.2) is 0 Å². The average molecular weight is 289 g/mol. The summed E-state index contributed by atoms with van der Waals surface area (Å²) in [4.78, 5) is 4.72. The predicted molar refractivity (Wildman–Crippen MR) is 81.0 cm³/mol. The summed E-state index contributed by atoms with van der Waals surface area (Å²) < 4.78 is 3.99. The molecule has 3 rings (SSSR count). The highest BCUT2D eigenvalue weighted by Crippen LogP contribution is 2.27. The third-order valence-electron chi connectivity index (χ3n) is 3.46. The first-order chi connectivity index (χ1) is 9.56. The first-order valence-corrected chi connectivity index (χ1v) is 7.07. The molecule has 0 saturated carbocycles. The molecule has 104 valence electrons. The molecule has 0 radical (unpaired) electrons. The van der Waals surface area contributed by atoms with Gasteiger partial charge in [0, 0.05) is 18.8 Å². The minimum Gasteiger partial charge on any atom is -0.322 e. The van der Waals surface area contributed by atoms with Crippen LogP contribution in [0.4, 0.5) is 0 Å². The predicted octanol–water partition coefficient (Wildman–Crippen LogP) is 3.43. The van der Waals surface area contributed by atoms with E-state index in [0.717, 1.165) is 29.0 Å². The molecule has 0 aliphatic carbocycles. The van der Waals surface area contributed by atoms with E-state index in [9.17, 15) is 0 Å². The molecule has 1 aromatic carbocycles. The molecule has 0 spiro atoms. The normalized spacial score (nSPS) is 13.0. The first kappa shape index (κ1) is 13.2. The van der Waals surface area contributed by atoms with Crippen LogP contribution in [0.25, 0.3) is 11.0 Å². The summed E-state index contributed by atoms with van der Waals surface area (Å²) in [7, 11) is 1.92. The highest BCUT2D eigenvalue weighted by molar-refractivity contribution is 6.20. The lowest BCUT2D eigenvalue weighted by Gasteiger charge is -2.09. The van der Waals surface area contributed by atoms with Gasteiger partial charge in [-0.15, -0.1) is 11.6 Å². The van der Waals surface area contributed by atoms with Crippen LogP contribution in [0.2, 0.25) is 0 Å². The Balaban J connectivity index is 2.16. The number of hydrogen-bond donors (Lipinski definition) is 0. The van der Waals surface area contributed by atoms with Gasteiger partial charge in [-0.3, -0.25) is 4.68 Å². The van der Waals surface area contributed by atoms with Gasteiger partial charge in [-0.05, 0) is 25.5 Å². The van der Waals surface area contributed by atoms with Crippen LogP contribution < -0.4 is 0 Å². The Hall–Kier alpha value is -1.81. The monoisotopic (exact) mass is 288 g/mol. The maximum atomic E-state index is 6.30. The smallest absolute Gasteiger partial charge is 0.128 e. The Bertz CT molecular complexity index is 754. The molecular formula is C15H17ClN4. The second-order valence-electron chi connectivity index (χ2n) is 5.14. The quantitative estimate of drug-likeness (QED) is 0.692. The number of aromatic nitrogens is 4. The number of benzene rings is 1. The maximum absolute atomic E-state index is 6.30. The molecule has 0 saturated heterocycles. The molecular weight excluding hydrogens is 272 g/mol. The van der Waals surface area contributed by atoms with Crippen LogP contribution in [0.3, 0.4) is 0 Å². The van der Waals surface area contributed by atoms with E-state index in [2.05, 4.69) is 34.8 Å². The molecule has 20 heavy (non-hydrogen) atoms. The van der Waals surface area contributed by atoms with Gasteiger partial charge in [-0.25, -0.2) is 4.98 Å². The molecule has 2 heterocycles.